The number of quaternary nitrogens is 1. The van der Waals surface area contributed by atoms with Crippen LogP contribution in [0.25, 0.3) is 0 Å². The summed E-state index contributed by atoms with van der Waals surface area (Å²) in [4.78, 5) is 13.0. The highest BCUT2D eigenvalue weighted by molar-refractivity contribution is 5.94. The fourth-order valence-electron chi connectivity index (χ4n) is 3.36. The molecule has 3 N–H and O–H groups in total. The fourth-order valence-corrected chi connectivity index (χ4v) is 3.36. The molecule has 0 aliphatic carbocycles. The summed E-state index contributed by atoms with van der Waals surface area (Å²) in [6, 6.07) is 23.3. The minimum absolute atomic E-state index is 0.0302. The Hall–Kier alpha value is -3.31. The molecule has 0 unspecified atom stereocenters. The standard InChI is InChI=1S/C25H28N2O3/c1-18-9-12-21(13-10-18)27-25(28)24(20-7-5-4-6-8-20)26-16-15-19-11-14-22(29-2)23(17-19)30-3/h4-14,17,24,26H,15-16H2,1-3H3,(H,27,28)/p+1/t24-/m1/s1. The first kappa shape index (κ1) is 21.4. The average Bonchev–Trinajstić information content (AvgIpc) is 2.78. The van der Waals surface area contributed by atoms with Gasteiger partial charge in [-0.25, -0.2) is 0 Å². The predicted molar refractivity (Wildman–Crippen MR) is 119 cm³/mol. The predicted octanol–water partition coefficient (Wildman–Crippen LogP) is 3.50. The van der Waals surface area contributed by atoms with E-state index in [0.29, 0.717) is 11.5 Å². The lowest BCUT2D eigenvalue weighted by molar-refractivity contribution is -0.682. The van der Waals surface area contributed by atoms with Crippen LogP contribution in [-0.4, -0.2) is 26.7 Å². The van der Waals surface area contributed by atoms with Crippen LogP contribution in [0.2, 0.25) is 0 Å². The van der Waals surface area contributed by atoms with Crippen LogP contribution in [0.3, 0.4) is 0 Å². The molecular weight excluding hydrogens is 376 g/mol. The minimum Gasteiger partial charge on any atom is -0.493 e. The summed E-state index contributed by atoms with van der Waals surface area (Å²) in [5.41, 5.74) is 4.08. The summed E-state index contributed by atoms with van der Waals surface area (Å²) in [5, 5.41) is 5.12. The summed E-state index contributed by atoms with van der Waals surface area (Å²) < 4.78 is 10.7. The number of ether oxygens (including phenoxy) is 2. The number of nitrogens with one attached hydrogen (secondary N) is 1. The van der Waals surface area contributed by atoms with Crippen LogP contribution in [0.1, 0.15) is 22.7 Å². The monoisotopic (exact) mass is 405 g/mol. The fraction of sp³-hybridized carbons (Fsp3) is 0.240. The van der Waals surface area contributed by atoms with Crippen molar-refractivity contribution in [2.75, 3.05) is 26.1 Å². The van der Waals surface area contributed by atoms with E-state index in [1.165, 1.54) is 0 Å². The van der Waals surface area contributed by atoms with Crippen LogP contribution < -0.4 is 20.1 Å². The number of aryl methyl sites for hydroxylation is 1. The van der Waals surface area contributed by atoms with Crippen molar-refractivity contribution in [1.29, 1.82) is 0 Å². The van der Waals surface area contributed by atoms with E-state index >= 15 is 0 Å². The third kappa shape index (κ3) is 5.61. The van der Waals surface area contributed by atoms with E-state index in [0.717, 1.165) is 35.3 Å². The normalized spacial score (nSPS) is 11.6. The Bertz CT molecular complexity index is 956. The van der Waals surface area contributed by atoms with Gasteiger partial charge < -0.3 is 20.1 Å². The van der Waals surface area contributed by atoms with Gasteiger partial charge in [0.05, 0.1) is 20.8 Å². The quantitative estimate of drug-likeness (QED) is 0.573. The number of hydrogen-bond donors (Lipinski definition) is 2. The SMILES string of the molecule is COc1ccc(CC[NH2+][C@@H](C(=O)Nc2ccc(C)cc2)c2ccccc2)cc1OC. The second-order valence-electron chi connectivity index (χ2n) is 7.21. The number of anilines is 1. The largest absolute Gasteiger partial charge is 0.493 e. The molecule has 0 fully saturated rings. The van der Waals surface area contributed by atoms with Gasteiger partial charge in [0, 0.05) is 17.7 Å². The maximum absolute atomic E-state index is 13.0. The molecule has 0 saturated heterocycles. The highest BCUT2D eigenvalue weighted by Crippen LogP contribution is 2.27. The average molecular weight is 406 g/mol. The zero-order valence-corrected chi connectivity index (χ0v) is 17.7. The van der Waals surface area contributed by atoms with E-state index in [1.807, 2.05) is 79.7 Å². The van der Waals surface area contributed by atoms with E-state index in [4.69, 9.17) is 9.47 Å². The number of nitrogens with two attached hydrogens (primary N) is 1. The van der Waals surface area contributed by atoms with Crippen molar-refractivity contribution in [2.24, 2.45) is 0 Å². The Balaban J connectivity index is 1.69. The van der Waals surface area contributed by atoms with Gasteiger partial charge in [-0.2, -0.15) is 0 Å². The summed E-state index contributed by atoms with van der Waals surface area (Å²) in [5.74, 6) is 1.40. The van der Waals surface area contributed by atoms with E-state index in [2.05, 4.69) is 10.6 Å². The second kappa shape index (κ2) is 10.5. The third-order valence-corrected chi connectivity index (χ3v) is 5.04. The molecule has 30 heavy (non-hydrogen) atoms. The van der Waals surface area contributed by atoms with Crippen LogP contribution in [-0.2, 0) is 11.2 Å². The molecule has 0 heterocycles. The first-order valence-electron chi connectivity index (χ1n) is 10.1. The molecule has 0 saturated carbocycles. The highest BCUT2D eigenvalue weighted by atomic mass is 16.5. The van der Waals surface area contributed by atoms with Crippen molar-refractivity contribution < 1.29 is 19.6 Å². The van der Waals surface area contributed by atoms with E-state index < -0.39 is 0 Å². The van der Waals surface area contributed by atoms with Gasteiger partial charge in [0.15, 0.2) is 17.5 Å². The van der Waals surface area contributed by atoms with Gasteiger partial charge in [0.25, 0.3) is 5.91 Å². The van der Waals surface area contributed by atoms with E-state index in [9.17, 15) is 4.79 Å². The van der Waals surface area contributed by atoms with Gasteiger partial charge in [0.1, 0.15) is 0 Å². The van der Waals surface area contributed by atoms with Crippen LogP contribution >= 0.6 is 0 Å². The molecular formula is C25H29N2O3+. The van der Waals surface area contributed by atoms with Crippen molar-refractivity contribution in [3.63, 3.8) is 0 Å². The number of carbonyl (C=O) groups is 1. The Kier molecular flexibility index (Phi) is 7.46. The van der Waals surface area contributed by atoms with Gasteiger partial charge in [0.2, 0.25) is 0 Å². The first-order chi connectivity index (χ1) is 14.6. The van der Waals surface area contributed by atoms with Crippen LogP contribution in [0.15, 0.2) is 72.8 Å². The van der Waals surface area contributed by atoms with Gasteiger partial charge in [-0.15, -0.1) is 0 Å². The van der Waals surface area contributed by atoms with E-state index in [1.54, 1.807) is 14.2 Å². The molecule has 156 valence electrons. The number of amides is 1. The van der Waals surface area contributed by atoms with Gasteiger partial charge in [-0.05, 0) is 36.8 Å². The first-order valence-corrected chi connectivity index (χ1v) is 10.1. The van der Waals surface area contributed by atoms with Crippen molar-refractivity contribution in [3.8, 4) is 11.5 Å². The third-order valence-electron chi connectivity index (χ3n) is 5.04. The Morgan fingerprint density at radius 1 is 0.933 bits per heavy atom. The number of rotatable bonds is 9. The van der Waals surface area contributed by atoms with Crippen molar-refractivity contribution in [3.05, 3.63) is 89.5 Å². The molecule has 3 aromatic carbocycles. The van der Waals surface area contributed by atoms with Gasteiger partial charge >= 0.3 is 0 Å². The molecule has 5 nitrogen and oxygen atoms in total. The van der Waals surface area contributed by atoms with Gasteiger partial charge in [-0.1, -0.05) is 54.1 Å². The zero-order valence-electron chi connectivity index (χ0n) is 17.7. The molecule has 0 bridgehead atoms. The number of benzene rings is 3. The second-order valence-corrected chi connectivity index (χ2v) is 7.21. The highest BCUT2D eigenvalue weighted by Gasteiger charge is 2.24. The molecule has 3 rings (SSSR count). The van der Waals surface area contributed by atoms with Crippen molar-refractivity contribution in [1.82, 2.24) is 0 Å². The molecule has 1 atom stereocenters. The van der Waals surface area contributed by atoms with Crippen LogP contribution in [0, 0.1) is 6.92 Å². The summed E-state index contributed by atoms with van der Waals surface area (Å²) >= 11 is 0. The smallest absolute Gasteiger partial charge is 0.287 e. The molecule has 0 aliphatic rings. The summed E-state index contributed by atoms with van der Waals surface area (Å²) in [6.45, 7) is 2.79. The van der Waals surface area contributed by atoms with Crippen molar-refractivity contribution >= 4 is 11.6 Å². The maximum Gasteiger partial charge on any atom is 0.287 e. The lowest BCUT2D eigenvalue weighted by Gasteiger charge is -2.16. The van der Waals surface area contributed by atoms with Crippen molar-refractivity contribution in [2.45, 2.75) is 19.4 Å². The lowest BCUT2D eigenvalue weighted by atomic mass is 10.0. The number of methoxy groups -OCH3 is 2. The lowest BCUT2D eigenvalue weighted by Crippen LogP contribution is -2.87. The molecule has 1 amide bonds. The number of carbonyl (C=O) groups excluding carboxylic acids is 1. The Morgan fingerprint density at radius 3 is 2.30 bits per heavy atom. The van der Waals surface area contributed by atoms with E-state index in [-0.39, 0.29) is 11.9 Å². The van der Waals surface area contributed by atoms with Crippen LogP contribution in [0.4, 0.5) is 5.69 Å². The molecule has 5 heteroatoms. The Labute approximate surface area is 178 Å². The van der Waals surface area contributed by atoms with Gasteiger partial charge in [-0.3, -0.25) is 4.79 Å². The molecule has 3 aromatic rings. The summed E-state index contributed by atoms with van der Waals surface area (Å²) in [6.07, 6.45) is 0.807. The molecule has 0 aromatic heterocycles. The number of hydrogen-bond acceptors (Lipinski definition) is 3. The Morgan fingerprint density at radius 2 is 1.63 bits per heavy atom. The van der Waals surface area contributed by atoms with Crippen LogP contribution in [0.5, 0.6) is 11.5 Å². The maximum atomic E-state index is 13.0. The molecule has 0 spiro atoms. The summed E-state index contributed by atoms with van der Waals surface area (Å²) in [7, 11) is 3.26. The minimum atomic E-state index is -0.326. The molecule has 0 radical (unpaired) electrons. The topological polar surface area (TPSA) is 64.2 Å². The molecule has 0 aliphatic heterocycles. The zero-order chi connectivity index (χ0) is 21.3.